The van der Waals surface area contributed by atoms with E-state index in [4.69, 9.17) is 5.41 Å². The van der Waals surface area contributed by atoms with E-state index in [1.807, 2.05) is 19.9 Å². The lowest BCUT2D eigenvalue weighted by Crippen LogP contribution is -2.14. The highest BCUT2D eigenvalue weighted by molar-refractivity contribution is 5.90. The van der Waals surface area contributed by atoms with Gasteiger partial charge >= 0.3 is 0 Å². The van der Waals surface area contributed by atoms with Crippen molar-refractivity contribution in [1.82, 2.24) is 0 Å². The molecule has 0 fully saturated rings. The van der Waals surface area contributed by atoms with E-state index in [-0.39, 0.29) is 17.6 Å². The number of carbonyl (C=O) groups excluding carboxylic acids is 1. The Balaban J connectivity index is 4.12. The molecule has 2 nitrogen and oxygen atoms in total. The Kier molecular flexibility index (Phi) is 4.49. The van der Waals surface area contributed by atoms with E-state index in [1.54, 1.807) is 19.9 Å². The maximum atomic E-state index is 10.9. The quantitative estimate of drug-likeness (QED) is 0.642. The molecule has 0 saturated carbocycles. The largest absolute Gasteiger partial charge is 0.306 e. The molecule has 0 aromatic carbocycles. The normalized spacial score (nSPS) is 16.0. The molecule has 0 heterocycles. The second kappa shape index (κ2) is 4.86. The van der Waals surface area contributed by atoms with Crippen LogP contribution in [0.2, 0.25) is 0 Å². The number of hydrogen-bond acceptors (Lipinski definition) is 2. The Bertz CT molecular complexity index is 206. The summed E-state index contributed by atoms with van der Waals surface area (Å²) >= 11 is 0. The van der Waals surface area contributed by atoms with Gasteiger partial charge in [-0.1, -0.05) is 19.9 Å². The van der Waals surface area contributed by atoms with Crippen LogP contribution in [0.25, 0.3) is 0 Å². The number of hydrogen-bond donors (Lipinski definition) is 1. The van der Waals surface area contributed by atoms with Crippen LogP contribution in [0.4, 0.5) is 0 Å². The van der Waals surface area contributed by atoms with Gasteiger partial charge in [0.1, 0.15) is 5.78 Å². The minimum Gasteiger partial charge on any atom is -0.306 e. The zero-order chi connectivity index (χ0) is 9.72. The van der Waals surface area contributed by atoms with Crippen LogP contribution in [0.15, 0.2) is 12.2 Å². The van der Waals surface area contributed by atoms with E-state index in [1.165, 1.54) is 0 Å². The number of nitrogens with one attached hydrogen (secondary N) is 1. The van der Waals surface area contributed by atoms with Crippen LogP contribution in [-0.2, 0) is 4.79 Å². The number of carbonyl (C=O) groups is 1. The maximum Gasteiger partial charge on any atom is 0.133 e. The Hall–Kier alpha value is -0.920. The average molecular weight is 167 g/mol. The Morgan fingerprint density at radius 3 is 2.17 bits per heavy atom. The smallest absolute Gasteiger partial charge is 0.133 e. The first-order valence-corrected chi connectivity index (χ1v) is 4.19. The number of rotatable bonds is 4. The fraction of sp³-hybridized carbons (Fsp3) is 0.600. The van der Waals surface area contributed by atoms with Crippen LogP contribution in [0.3, 0.4) is 0 Å². The zero-order valence-electron chi connectivity index (χ0n) is 8.22. The lowest BCUT2D eigenvalue weighted by atomic mass is 9.92. The molecule has 0 saturated heterocycles. The van der Waals surface area contributed by atoms with Gasteiger partial charge in [-0.3, -0.25) is 4.79 Å². The molecule has 0 aliphatic rings. The van der Waals surface area contributed by atoms with Crippen molar-refractivity contribution in [1.29, 1.82) is 5.41 Å². The van der Waals surface area contributed by atoms with E-state index in [2.05, 4.69) is 0 Å². The third-order valence-corrected chi connectivity index (χ3v) is 2.08. The molecule has 0 radical (unpaired) electrons. The highest BCUT2D eigenvalue weighted by atomic mass is 16.1. The zero-order valence-corrected chi connectivity index (χ0v) is 8.22. The summed E-state index contributed by atoms with van der Waals surface area (Å²) in [6, 6.07) is 0. The van der Waals surface area contributed by atoms with Gasteiger partial charge in [-0.15, -0.1) is 0 Å². The van der Waals surface area contributed by atoms with Crippen molar-refractivity contribution in [3.05, 3.63) is 12.2 Å². The molecule has 0 rings (SSSR count). The first-order chi connectivity index (χ1) is 5.45. The van der Waals surface area contributed by atoms with Crippen molar-refractivity contribution in [3.8, 4) is 0 Å². The minimum atomic E-state index is 0.0561. The standard InChI is InChI=1S/C10H17NO/c1-7(5-6-8(2)11)9(3)10(4)12/h5-7,9,11H,1-4H3/b6-5-,11-8?. The van der Waals surface area contributed by atoms with Crippen LogP contribution in [0, 0.1) is 17.2 Å². The van der Waals surface area contributed by atoms with Gasteiger partial charge in [0.15, 0.2) is 0 Å². The summed E-state index contributed by atoms with van der Waals surface area (Å²) in [5.41, 5.74) is 0.526. The molecular weight excluding hydrogens is 150 g/mol. The van der Waals surface area contributed by atoms with Gasteiger partial charge < -0.3 is 5.41 Å². The van der Waals surface area contributed by atoms with Crippen LogP contribution < -0.4 is 0 Å². The van der Waals surface area contributed by atoms with E-state index in [9.17, 15) is 4.79 Å². The predicted octanol–water partition coefficient (Wildman–Crippen LogP) is 2.44. The van der Waals surface area contributed by atoms with Crippen LogP contribution in [-0.4, -0.2) is 11.5 Å². The number of allylic oxidation sites excluding steroid dienone is 2. The van der Waals surface area contributed by atoms with Crippen molar-refractivity contribution >= 4 is 11.5 Å². The number of Topliss-reactive ketones (excluding diaryl/α,β-unsaturated/α-hetero) is 1. The SMILES string of the molecule is CC(=N)/C=C\C(C)C(C)C(C)=O. The Morgan fingerprint density at radius 2 is 1.83 bits per heavy atom. The molecule has 0 bridgehead atoms. The molecule has 0 aromatic rings. The minimum absolute atomic E-state index is 0.0561. The summed E-state index contributed by atoms with van der Waals surface area (Å²) < 4.78 is 0. The van der Waals surface area contributed by atoms with Crippen LogP contribution in [0.1, 0.15) is 27.7 Å². The van der Waals surface area contributed by atoms with Gasteiger partial charge in [-0.25, -0.2) is 0 Å². The van der Waals surface area contributed by atoms with Crippen molar-refractivity contribution in [2.24, 2.45) is 11.8 Å². The highest BCUT2D eigenvalue weighted by Crippen LogP contribution is 2.12. The molecule has 0 aliphatic carbocycles. The molecule has 0 aromatic heterocycles. The summed E-state index contributed by atoms with van der Waals surface area (Å²) in [6.45, 7) is 7.23. The van der Waals surface area contributed by atoms with E-state index in [0.717, 1.165) is 0 Å². The van der Waals surface area contributed by atoms with Gasteiger partial charge in [-0.2, -0.15) is 0 Å². The van der Waals surface area contributed by atoms with Crippen molar-refractivity contribution in [2.75, 3.05) is 0 Å². The van der Waals surface area contributed by atoms with Gasteiger partial charge in [-0.05, 0) is 25.8 Å². The van der Waals surface area contributed by atoms with E-state index >= 15 is 0 Å². The molecule has 2 atom stereocenters. The first-order valence-electron chi connectivity index (χ1n) is 4.19. The molecule has 2 unspecified atom stereocenters. The summed E-state index contributed by atoms with van der Waals surface area (Å²) in [5, 5.41) is 7.16. The molecular formula is C10H17NO. The van der Waals surface area contributed by atoms with Crippen molar-refractivity contribution in [2.45, 2.75) is 27.7 Å². The van der Waals surface area contributed by atoms with Gasteiger partial charge in [0.2, 0.25) is 0 Å². The molecule has 0 spiro atoms. The molecule has 2 heteroatoms. The molecule has 1 N–H and O–H groups in total. The second-order valence-corrected chi connectivity index (χ2v) is 3.30. The molecule has 0 aliphatic heterocycles. The third kappa shape index (κ3) is 4.06. The van der Waals surface area contributed by atoms with Crippen molar-refractivity contribution < 1.29 is 4.79 Å². The van der Waals surface area contributed by atoms with E-state index < -0.39 is 0 Å². The fourth-order valence-electron chi connectivity index (χ4n) is 0.833. The Labute approximate surface area is 74.2 Å². The third-order valence-electron chi connectivity index (χ3n) is 2.08. The summed E-state index contributed by atoms with van der Waals surface area (Å²) in [6.07, 6.45) is 3.65. The first kappa shape index (κ1) is 11.1. The average Bonchev–Trinajstić information content (AvgIpc) is 1.98. The highest BCUT2D eigenvalue weighted by Gasteiger charge is 2.13. The number of ketones is 1. The molecule has 12 heavy (non-hydrogen) atoms. The molecule has 0 amide bonds. The summed E-state index contributed by atoms with van der Waals surface area (Å²) in [7, 11) is 0. The van der Waals surface area contributed by atoms with Crippen LogP contribution >= 0.6 is 0 Å². The summed E-state index contributed by atoms with van der Waals surface area (Å²) in [4.78, 5) is 10.9. The van der Waals surface area contributed by atoms with Crippen LogP contribution in [0.5, 0.6) is 0 Å². The second-order valence-electron chi connectivity index (χ2n) is 3.30. The lowest BCUT2D eigenvalue weighted by molar-refractivity contribution is -0.121. The van der Waals surface area contributed by atoms with Gasteiger partial charge in [0, 0.05) is 11.6 Å². The predicted molar refractivity (Wildman–Crippen MR) is 51.5 cm³/mol. The van der Waals surface area contributed by atoms with Gasteiger partial charge in [0.25, 0.3) is 0 Å². The van der Waals surface area contributed by atoms with Gasteiger partial charge in [0.05, 0.1) is 0 Å². The topological polar surface area (TPSA) is 40.9 Å². The Morgan fingerprint density at radius 1 is 1.33 bits per heavy atom. The fourth-order valence-corrected chi connectivity index (χ4v) is 0.833. The molecule has 68 valence electrons. The monoisotopic (exact) mass is 167 g/mol. The maximum absolute atomic E-state index is 10.9. The van der Waals surface area contributed by atoms with E-state index in [0.29, 0.717) is 5.71 Å². The summed E-state index contributed by atoms with van der Waals surface area (Å²) in [5.74, 6) is 0.484. The lowest BCUT2D eigenvalue weighted by Gasteiger charge is -2.12. The van der Waals surface area contributed by atoms with Crippen molar-refractivity contribution in [3.63, 3.8) is 0 Å².